The van der Waals surface area contributed by atoms with E-state index >= 15 is 0 Å². The van der Waals surface area contributed by atoms with Crippen LogP contribution in [0.2, 0.25) is 0 Å². The molecule has 0 aliphatic carbocycles. The monoisotopic (exact) mass is 203 g/mol. The molecule has 0 amide bonds. The maximum Gasteiger partial charge on any atom is 0.0936 e. The fourth-order valence-corrected chi connectivity index (χ4v) is 1.82. The Labute approximate surface area is 85.5 Å². The number of hydrogen-bond donors (Lipinski definition) is 2. The Bertz CT molecular complexity index is 175. The zero-order valence-corrected chi connectivity index (χ0v) is 9.18. The van der Waals surface area contributed by atoms with Crippen molar-refractivity contribution in [1.82, 2.24) is 4.90 Å². The van der Waals surface area contributed by atoms with Gasteiger partial charge in [-0.3, -0.25) is 4.90 Å². The average Bonchev–Trinajstić information content (AvgIpc) is 2.15. The number of ether oxygens (including phenoxy) is 1. The van der Waals surface area contributed by atoms with Crippen molar-refractivity contribution in [2.75, 3.05) is 19.7 Å². The third-order valence-electron chi connectivity index (χ3n) is 2.83. The molecule has 2 N–H and O–H groups in total. The van der Waals surface area contributed by atoms with Crippen molar-refractivity contribution in [3.8, 4) is 0 Å². The van der Waals surface area contributed by atoms with E-state index in [1.807, 2.05) is 13.8 Å². The first-order chi connectivity index (χ1) is 6.54. The first-order valence-corrected chi connectivity index (χ1v) is 5.23. The SMILES string of the molecule is CC1CN(C(C)C(C)O)CC(CO)O1. The van der Waals surface area contributed by atoms with Gasteiger partial charge in [0.1, 0.15) is 0 Å². The predicted octanol–water partition coefficient (Wildman–Crippen LogP) is -0.163. The van der Waals surface area contributed by atoms with Crippen molar-refractivity contribution in [2.24, 2.45) is 0 Å². The van der Waals surface area contributed by atoms with Gasteiger partial charge in [-0.05, 0) is 20.8 Å². The molecule has 14 heavy (non-hydrogen) atoms. The Morgan fingerprint density at radius 1 is 1.43 bits per heavy atom. The second kappa shape index (κ2) is 5.07. The predicted molar refractivity (Wildman–Crippen MR) is 54.1 cm³/mol. The Hall–Kier alpha value is -0.160. The molecule has 1 aliphatic rings. The fourth-order valence-electron chi connectivity index (χ4n) is 1.82. The molecule has 1 heterocycles. The molecule has 0 aromatic carbocycles. The van der Waals surface area contributed by atoms with Crippen LogP contribution >= 0.6 is 0 Å². The summed E-state index contributed by atoms with van der Waals surface area (Å²) in [6.45, 7) is 7.35. The van der Waals surface area contributed by atoms with E-state index in [1.54, 1.807) is 6.92 Å². The first kappa shape index (κ1) is 11.9. The van der Waals surface area contributed by atoms with E-state index in [4.69, 9.17) is 9.84 Å². The van der Waals surface area contributed by atoms with E-state index in [0.717, 1.165) is 6.54 Å². The minimum absolute atomic E-state index is 0.0490. The third kappa shape index (κ3) is 2.92. The van der Waals surface area contributed by atoms with Crippen LogP contribution in [0.3, 0.4) is 0 Å². The molecule has 1 aliphatic heterocycles. The van der Waals surface area contributed by atoms with Crippen molar-refractivity contribution >= 4 is 0 Å². The smallest absolute Gasteiger partial charge is 0.0936 e. The highest BCUT2D eigenvalue weighted by molar-refractivity contribution is 4.81. The molecule has 0 spiro atoms. The van der Waals surface area contributed by atoms with Crippen LogP contribution in [-0.2, 0) is 4.74 Å². The second-order valence-corrected chi connectivity index (χ2v) is 4.19. The Balaban J connectivity index is 2.52. The second-order valence-electron chi connectivity index (χ2n) is 4.19. The highest BCUT2D eigenvalue weighted by atomic mass is 16.5. The van der Waals surface area contributed by atoms with E-state index in [-0.39, 0.29) is 31.0 Å². The molecule has 4 nitrogen and oxygen atoms in total. The maximum atomic E-state index is 9.47. The van der Waals surface area contributed by atoms with Gasteiger partial charge in [0.05, 0.1) is 24.9 Å². The average molecular weight is 203 g/mol. The topological polar surface area (TPSA) is 52.9 Å². The zero-order chi connectivity index (χ0) is 10.7. The summed E-state index contributed by atoms with van der Waals surface area (Å²) in [6, 6.07) is 0.121. The van der Waals surface area contributed by atoms with Crippen molar-refractivity contribution in [3.05, 3.63) is 0 Å². The molecule has 0 bridgehead atoms. The van der Waals surface area contributed by atoms with E-state index in [0.29, 0.717) is 6.54 Å². The van der Waals surface area contributed by atoms with Gasteiger partial charge >= 0.3 is 0 Å². The largest absolute Gasteiger partial charge is 0.394 e. The fraction of sp³-hybridized carbons (Fsp3) is 1.00. The summed E-state index contributed by atoms with van der Waals surface area (Å²) in [4.78, 5) is 2.17. The van der Waals surface area contributed by atoms with Gasteiger partial charge in [0.15, 0.2) is 0 Å². The van der Waals surface area contributed by atoms with E-state index in [2.05, 4.69) is 4.90 Å². The molecule has 4 atom stereocenters. The van der Waals surface area contributed by atoms with Crippen molar-refractivity contribution in [1.29, 1.82) is 0 Å². The summed E-state index contributed by atoms with van der Waals surface area (Å²) < 4.78 is 5.52. The molecule has 0 saturated carbocycles. The molecule has 84 valence electrons. The standard InChI is InChI=1S/C10H21NO3/c1-7-4-11(8(2)9(3)13)5-10(6-12)14-7/h7-10,12-13H,4-6H2,1-3H3. The number of rotatable bonds is 3. The van der Waals surface area contributed by atoms with Gasteiger partial charge in [0.25, 0.3) is 0 Å². The van der Waals surface area contributed by atoms with Gasteiger partial charge in [-0.25, -0.2) is 0 Å². The van der Waals surface area contributed by atoms with Gasteiger partial charge in [-0.1, -0.05) is 0 Å². The van der Waals surface area contributed by atoms with Crippen molar-refractivity contribution < 1.29 is 14.9 Å². The first-order valence-electron chi connectivity index (χ1n) is 5.23. The number of aliphatic hydroxyl groups excluding tert-OH is 2. The van der Waals surface area contributed by atoms with E-state index in [9.17, 15) is 5.11 Å². The molecule has 0 aromatic rings. The maximum absolute atomic E-state index is 9.47. The zero-order valence-electron chi connectivity index (χ0n) is 9.18. The molecule has 1 rings (SSSR count). The van der Waals surface area contributed by atoms with Gasteiger partial charge < -0.3 is 14.9 Å². The summed E-state index contributed by atoms with van der Waals surface area (Å²) >= 11 is 0. The van der Waals surface area contributed by atoms with Crippen molar-refractivity contribution in [3.63, 3.8) is 0 Å². The van der Waals surface area contributed by atoms with Gasteiger partial charge in [-0.2, -0.15) is 0 Å². The third-order valence-corrected chi connectivity index (χ3v) is 2.83. The summed E-state index contributed by atoms with van der Waals surface area (Å²) in [5.41, 5.74) is 0. The molecule has 4 unspecified atom stereocenters. The van der Waals surface area contributed by atoms with Crippen LogP contribution in [0.25, 0.3) is 0 Å². The highest BCUT2D eigenvalue weighted by Crippen LogP contribution is 2.15. The van der Waals surface area contributed by atoms with Crippen LogP contribution in [-0.4, -0.2) is 59.2 Å². The van der Waals surface area contributed by atoms with Crippen LogP contribution < -0.4 is 0 Å². The van der Waals surface area contributed by atoms with E-state index < -0.39 is 0 Å². The lowest BCUT2D eigenvalue weighted by Crippen LogP contribution is -2.53. The van der Waals surface area contributed by atoms with Crippen molar-refractivity contribution in [2.45, 2.75) is 45.1 Å². The number of aliphatic hydroxyl groups is 2. The molecule has 0 aromatic heterocycles. The summed E-state index contributed by atoms with van der Waals surface area (Å²) in [5.74, 6) is 0. The molecule has 4 heteroatoms. The molecular weight excluding hydrogens is 182 g/mol. The number of morpholine rings is 1. The number of nitrogens with zero attached hydrogens (tertiary/aromatic N) is 1. The molecule has 1 saturated heterocycles. The van der Waals surface area contributed by atoms with Crippen LogP contribution in [0.5, 0.6) is 0 Å². The lowest BCUT2D eigenvalue weighted by Gasteiger charge is -2.40. The van der Waals surface area contributed by atoms with Crippen LogP contribution in [0.1, 0.15) is 20.8 Å². The van der Waals surface area contributed by atoms with Gasteiger partial charge in [0.2, 0.25) is 0 Å². The lowest BCUT2D eigenvalue weighted by atomic mass is 10.1. The molecule has 1 fully saturated rings. The number of hydrogen-bond acceptors (Lipinski definition) is 4. The highest BCUT2D eigenvalue weighted by Gasteiger charge is 2.29. The summed E-state index contributed by atoms with van der Waals surface area (Å²) in [5, 5.41) is 18.5. The Morgan fingerprint density at radius 3 is 2.57 bits per heavy atom. The van der Waals surface area contributed by atoms with Crippen LogP contribution in [0.15, 0.2) is 0 Å². The van der Waals surface area contributed by atoms with Crippen LogP contribution in [0.4, 0.5) is 0 Å². The summed E-state index contributed by atoms with van der Waals surface area (Å²) in [7, 11) is 0. The normalized spacial score (nSPS) is 34.1. The molecular formula is C10H21NO3. The van der Waals surface area contributed by atoms with Gasteiger partial charge in [0, 0.05) is 19.1 Å². The summed E-state index contributed by atoms with van der Waals surface area (Å²) in [6.07, 6.45) is -0.332. The van der Waals surface area contributed by atoms with Gasteiger partial charge in [-0.15, -0.1) is 0 Å². The molecule has 0 radical (unpaired) electrons. The van der Waals surface area contributed by atoms with Crippen LogP contribution in [0, 0.1) is 0 Å². The lowest BCUT2D eigenvalue weighted by molar-refractivity contribution is -0.113. The Kier molecular flexibility index (Phi) is 4.31. The minimum atomic E-state index is -0.348. The minimum Gasteiger partial charge on any atom is -0.394 e. The van der Waals surface area contributed by atoms with E-state index in [1.165, 1.54) is 0 Å². The Morgan fingerprint density at radius 2 is 2.07 bits per heavy atom. The quantitative estimate of drug-likeness (QED) is 0.669.